The van der Waals surface area contributed by atoms with E-state index in [1.54, 1.807) is 0 Å². The first kappa shape index (κ1) is 17.4. The number of rotatable bonds is 9. The normalized spacial score (nSPS) is 12.7. The van der Waals surface area contributed by atoms with Crippen LogP contribution in [0, 0.1) is 13.8 Å². The number of aryl methyl sites for hydroxylation is 2. The Labute approximate surface area is 128 Å². The van der Waals surface area contributed by atoms with Gasteiger partial charge >= 0.3 is 0 Å². The number of hydrogen-bond acceptors (Lipinski definition) is 4. The Morgan fingerprint density at radius 1 is 1.15 bits per heavy atom. The van der Waals surface area contributed by atoms with E-state index in [9.17, 15) is 0 Å². The Hall–Kier alpha value is -0.610. The maximum absolute atomic E-state index is 4.69. The molecule has 0 saturated carbocycles. The maximum Gasteiger partial charge on any atom is 0.138 e. The fourth-order valence-electron chi connectivity index (χ4n) is 2.14. The van der Waals surface area contributed by atoms with Crippen molar-refractivity contribution in [1.82, 2.24) is 15.3 Å². The monoisotopic (exact) mass is 295 g/mol. The molecule has 0 amide bonds. The summed E-state index contributed by atoms with van der Waals surface area (Å²) in [6.45, 7) is 13.0. The van der Waals surface area contributed by atoms with Gasteiger partial charge in [-0.25, -0.2) is 9.97 Å². The van der Waals surface area contributed by atoms with Crippen LogP contribution in [-0.2, 0) is 12.2 Å². The summed E-state index contributed by atoms with van der Waals surface area (Å²) in [5, 5.41) is 4.04. The van der Waals surface area contributed by atoms with Crippen molar-refractivity contribution < 1.29 is 0 Å². The largest absolute Gasteiger partial charge is 0.317 e. The first-order chi connectivity index (χ1) is 9.58. The average Bonchev–Trinajstić information content (AvgIpc) is 2.43. The van der Waals surface area contributed by atoms with Crippen LogP contribution in [0.25, 0.3) is 0 Å². The Bertz CT molecular complexity index is 384. The molecule has 0 spiro atoms. The van der Waals surface area contributed by atoms with Gasteiger partial charge in [-0.05, 0) is 51.8 Å². The highest BCUT2D eigenvalue weighted by Crippen LogP contribution is 2.20. The molecule has 0 fully saturated rings. The van der Waals surface area contributed by atoms with Gasteiger partial charge in [0.1, 0.15) is 5.82 Å². The van der Waals surface area contributed by atoms with E-state index in [0.29, 0.717) is 5.25 Å². The highest BCUT2D eigenvalue weighted by molar-refractivity contribution is 7.99. The van der Waals surface area contributed by atoms with Gasteiger partial charge in [0.2, 0.25) is 0 Å². The van der Waals surface area contributed by atoms with E-state index in [4.69, 9.17) is 0 Å². The third-order valence-electron chi connectivity index (χ3n) is 3.57. The molecule has 0 aliphatic carbocycles. The van der Waals surface area contributed by atoms with Crippen molar-refractivity contribution >= 4 is 11.8 Å². The van der Waals surface area contributed by atoms with E-state index in [-0.39, 0.29) is 0 Å². The molecule has 1 aromatic rings. The van der Waals surface area contributed by atoms with Gasteiger partial charge in [0.15, 0.2) is 0 Å². The SMILES string of the molecule is CCNCCCc1c(C)nc(CSC(C)CC)nc1C. The molecule has 1 heterocycles. The van der Waals surface area contributed by atoms with Gasteiger partial charge in [-0.3, -0.25) is 0 Å². The standard InChI is InChI=1S/C16H29N3S/c1-6-12(3)20-11-16-18-13(4)15(14(5)19-16)9-8-10-17-7-2/h12,17H,6-11H2,1-5H3. The summed E-state index contributed by atoms with van der Waals surface area (Å²) in [6, 6.07) is 0. The Kier molecular flexibility index (Phi) is 8.15. The van der Waals surface area contributed by atoms with E-state index < -0.39 is 0 Å². The van der Waals surface area contributed by atoms with Gasteiger partial charge in [0.25, 0.3) is 0 Å². The van der Waals surface area contributed by atoms with Gasteiger partial charge in [0, 0.05) is 16.6 Å². The molecule has 1 N–H and O–H groups in total. The fraction of sp³-hybridized carbons (Fsp3) is 0.750. The quantitative estimate of drug-likeness (QED) is 0.705. The molecule has 0 aromatic carbocycles. The smallest absolute Gasteiger partial charge is 0.138 e. The van der Waals surface area contributed by atoms with Crippen molar-refractivity contribution in [2.45, 2.75) is 64.9 Å². The zero-order valence-corrected chi connectivity index (χ0v) is 14.4. The number of aromatic nitrogens is 2. The first-order valence-electron chi connectivity index (χ1n) is 7.73. The van der Waals surface area contributed by atoms with E-state index in [2.05, 4.69) is 49.9 Å². The molecule has 1 unspecified atom stereocenters. The van der Waals surface area contributed by atoms with Crippen LogP contribution >= 0.6 is 11.8 Å². The average molecular weight is 295 g/mol. The minimum Gasteiger partial charge on any atom is -0.317 e. The summed E-state index contributed by atoms with van der Waals surface area (Å²) in [5.41, 5.74) is 3.66. The predicted octanol–water partition coefficient (Wildman–Crippen LogP) is 3.67. The molecule has 0 saturated heterocycles. The van der Waals surface area contributed by atoms with Crippen LogP contribution in [0.2, 0.25) is 0 Å². The highest BCUT2D eigenvalue weighted by atomic mass is 32.2. The molecular formula is C16H29N3S. The van der Waals surface area contributed by atoms with Crippen LogP contribution in [0.5, 0.6) is 0 Å². The third kappa shape index (κ3) is 5.80. The second kappa shape index (κ2) is 9.35. The molecule has 0 radical (unpaired) electrons. The Balaban J connectivity index is 2.61. The van der Waals surface area contributed by atoms with E-state index >= 15 is 0 Å². The molecule has 1 rings (SSSR count). The van der Waals surface area contributed by atoms with E-state index in [1.165, 1.54) is 12.0 Å². The number of thioether (sulfide) groups is 1. The Morgan fingerprint density at radius 2 is 1.80 bits per heavy atom. The molecule has 114 valence electrons. The third-order valence-corrected chi connectivity index (χ3v) is 4.90. The van der Waals surface area contributed by atoms with Gasteiger partial charge in [-0.1, -0.05) is 20.8 Å². The molecule has 20 heavy (non-hydrogen) atoms. The number of hydrogen-bond donors (Lipinski definition) is 1. The molecule has 1 aromatic heterocycles. The lowest BCUT2D eigenvalue weighted by molar-refractivity contribution is 0.666. The zero-order chi connectivity index (χ0) is 15.0. The van der Waals surface area contributed by atoms with Crippen LogP contribution in [-0.4, -0.2) is 28.3 Å². The molecular weight excluding hydrogens is 266 g/mol. The molecule has 0 aliphatic heterocycles. The Morgan fingerprint density at radius 3 is 2.35 bits per heavy atom. The van der Waals surface area contributed by atoms with Crippen molar-refractivity contribution in [2.75, 3.05) is 13.1 Å². The summed E-state index contributed by atoms with van der Waals surface area (Å²) in [4.78, 5) is 9.37. The predicted molar refractivity (Wildman–Crippen MR) is 89.4 cm³/mol. The van der Waals surface area contributed by atoms with E-state index in [0.717, 1.165) is 48.9 Å². The van der Waals surface area contributed by atoms with Crippen molar-refractivity contribution in [3.05, 3.63) is 22.8 Å². The van der Waals surface area contributed by atoms with Crippen LogP contribution < -0.4 is 5.32 Å². The van der Waals surface area contributed by atoms with Gasteiger partial charge in [-0.15, -0.1) is 0 Å². The van der Waals surface area contributed by atoms with Crippen LogP contribution in [0.15, 0.2) is 0 Å². The summed E-state index contributed by atoms with van der Waals surface area (Å²) in [6.07, 6.45) is 3.43. The van der Waals surface area contributed by atoms with Gasteiger partial charge in [0.05, 0.1) is 5.75 Å². The fourth-order valence-corrected chi connectivity index (χ4v) is 2.94. The van der Waals surface area contributed by atoms with E-state index in [1.807, 2.05) is 11.8 Å². The van der Waals surface area contributed by atoms with Crippen molar-refractivity contribution in [1.29, 1.82) is 0 Å². The van der Waals surface area contributed by atoms with Crippen LogP contribution in [0.3, 0.4) is 0 Å². The van der Waals surface area contributed by atoms with Crippen molar-refractivity contribution in [3.63, 3.8) is 0 Å². The topological polar surface area (TPSA) is 37.8 Å². The van der Waals surface area contributed by atoms with Gasteiger partial charge < -0.3 is 5.32 Å². The molecule has 4 heteroatoms. The second-order valence-corrected chi connectivity index (χ2v) is 6.70. The maximum atomic E-state index is 4.69. The molecule has 1 atom stereocenters. The van der Waals surface area contributed by atoms with Crippen LogP contribution in [0.1, 0.15) is 56.4 Å². The van der Waals surface area contributed by atoms with Crippen molar-refractivity contribution in [3.8, 4) is 0 Å². The zero-order valence-electron chi connectivity index (χ0n) is 13.6. The minimum atomic E-state index is 0.680. The number of nitrogens with one attached hydrogen (secondary N) is 1. The lowest BCUT2D eigenvalue weighted by Crippen LogP contribution is -2.15. The molecule has 0 aliphatic rings. The minimum absolute atomic E-state index is 0.680. The number of nitrogens with zero attached hydrogens (tertiary/aromatic N) is 2. The summed E-state index contributed by atoms with van der Waals surface area (Å²) < 4.78 is 0. The first-order valence-corrected chi connectivity index (χ1v) is 8.78. The summed E-state index contributed by atoms with van der Waals surface area (Å²) in [5.74, 6) is 1.91. The second-order valence-electron chi connectivity index (χ2n) is 5.28. The van der Waals surface area contributed by atoms with Crippen molar-refractivity contribution in [2.24, 2.45) is 0 Å². The van der Waals surface area contributed by atoms with Gasteiger partial charge in [-0.2, -0.15) is 11.8 Å². The van der Waals surface area contributed by atoms with Crippen LogP contribution in [0.4, 0.5) is 0 Å². The molecule has 0 bridgehead atoms. The molecule has 3 nitrogen and oxygen atoms in total. The summed E-state index contributed by atoms with van der Waals surface area (Å²) >= 11 is 1.94. The lowest BCUT2D eigenvalue weighted by atomic mass is 10.1. The summed E-state index contributed by atoms with van der Waals surface area (Å²) in [7, 11) is 0. The highest BCUT2D eigenvalue weighted by Gasteiger charge is 2.09. The lowest BCUT2D eigenvalue weighted by Gasteiger charge is -2.12.